The minimum Gasteiger partial charge on any atom is -0.477 e. The molecule has 0 radical (unpaired) electrons. The molecule has 0 bridgehead atoms. The molecule has 0 fully saturated rings. The van der Waals surface area contributed by atoms with Gasteiger partial charge >= 0.3 is 5.97 Å². The molecule has 1 aromatic rings. The summed E-state index contributed by atoms with van der Waals surface area (Å²) in [5.41, 5.74) is -1.96. The first-order chi connectivity index (χ1) is 9.23. The van der Waals surface area contributed by atoms with Crippen LogP contribution in [0.3, 0.4) is 0 Å². The van der Waals surface area contributed by atoms with Crippen molar-refractivity contribution in [3.63, 3.8) is 0 Å². The van der Waals surface area contributed by atoms with Crippen LogP contribution in [0.4, 0.5) is 11.4 Å². The van der Waals surface area contributed by atoms with Gasteiger partial charge < -0.3 is 10.0 Å². The Morgan fingerprint density at radius 2 is 1.75 bits per heavy atom. The van der Waals surface area contributed by atoms with Crippen molar-refractivity contribution in [3.8, 4) is 0 Å². The molecule has 0 aliphatic heterocycles. The van der Waals surface area contributed by atoms with Crippen LogP contribution >= 0.6 is 0 Å². The van der Waals surface area contributed by atoms with Gasteiger partial charge in [0.25, 0.3) is 11.4 Å². The lowest BCUT2D eigenvalue weighted by atomic mass is 10.1. The van der Waals surface area contributed by atoms with Crippen molar-refractivity contribution < 1.29 is 19.7 Å². The van der Waals surface area contributed by atoms with Crippen molar-refractivity contribution in [2.45, 2.75) is 0 Å². The van der Waals surface area contributed by atoms with E-state index in [0.717, 1.165) is 6.07 Å². The number of nitro benzene ring substituents is 2. The predicted molar refractivity (Wildman–Crippen MR) is 69.4 cm³/mol. The number of hydrogen-bond donors (Lipinski definition) is 1. The molecule has 0 atom stereocenters. The smallest absolute Gasteiger partial charge is 0.342 e. The normalized spacial score (nSPS) is 10.5. The van der Waals surface area contributed by atoms with E-state index in [2.05, 4.69) is 0 Å². The summed E-state index contributed by atoms with van der Waals surface area (Å²) in [4.78, 5) is 32.5. The van der Waals surface area contributed by atoms with E-state index in [4.69, 9.17) is 5.11 Å². The van der Waals surface area contributed by atoms with Crippen LogP contribution in [-0.4, -0.2) is 39.9 Å². The molecule has 106 valence electrons. The van der Waals surface area contributed by atoms with Crippen molar-refractivity contribution in [3.05, 3.63) is 49.7 Å². The Morgan fingerprint density at radius 1 is 1.20 bits per heavy atom. The van der Waals surface area contributed by atoms with Gasteiger partial charge in [-0.05, 0) is 18.3 Å². The maximum atomic E-state index is 11.0. The quantitative estimate of drug-likeness (QED) is 0.643. The minimum atomic E-state index is -1.52. The Morgan fingerprint density at radius 3 is 2.15 bits per heavy atom. The Balaban J connectivity index is 3.57. The van der Waals surface area contributed by atoms with Gasteiger partial charge in [-0.2, -0.15) is 0 Å². The third-order valence-electron chi connectivity index (χ3n) is 2.32. The topological polar surface area (TPSA) is 127 Å². The zero-order valence-corrected chi connectivity index (χ0v) is 10.6. The number of aromatic carboxylic acids is 1. The zero-order valence-electron chi connectivity index (χ0n) is 10.6. The van der Waals surface area contributed by atoms with Gasteiger partial charge in [-0.3, -0.25) is 20.2 Å². The average Bonchev–Trinajstić information content (AvgIpc) is 2.34. The number of carbonyl (C=O) groups is 1. The van der Waals surface area contributed by atoms with Crippen LogP contribution in [-0.2, 0) is 0 Å². The van der Waals surface area contributed by atoms with Gasteiger partial charge in [-0.15, -0.1) is 0 Å². The second-order valence-corrected chi connectivity index (χ2v) is 4.03. The highest BCUT2D eigenvalue weighted by Gasteiger charge is 2.26. The Labute approximate surface area is 113 Å². The number of rotatable bonds is 5. The van der Waals surface area contributed by atoms with Gasteiger partial charge in [0.2, 0.25) is 0 Å². The molecule has 0 saturated heterocycles. The van der Waals surface area contributed by atoms with Crippen LogP contribution in [0, 0.1) is 20.2 Å². The molecule has 1 aromatic carbocycles. The summed E-state index contributed by atoms with van der Waals surface area (Å²) >= 11 is 0. The van der Waals surface area contributed by atoms with Crippen LogP contribution < -0.4 is 0 Å². The van der Waals surface area contributed by atoms with Gasteiger partial charge in [0.15, 0.2) is 0 Å². The van der Waals surface area contributed by atoms with Crippen LogP contribution in [0.5, 0.6) is 0 Å². The molecule has 0 spiro atoms. The highest BCUT2D eigenvalue weighted by atomic mass is 16.6. The first kappa shape index (κ1) is 15.1. The summed E-state index contributed by atoms with van der Waals surface area (Å²) in [6.07, 6.45) is 2.79. The fourth-order valence-corrected chi connectivity index (χ4v) is 1.44. The molecule has 9 nitrogen and oxygen atoms in total. The van der Waals surface area contributed by atoms with Gasteiger partial charge in [0.1, 0.15) is 5.56 Å². The average molecular weight is 281 g/mol. The molecule has 1 N–H and O–H groups in total. The van der Waals surface area contributed by atoms with Crippen molar-refractivity contribution in [1.82, 2.24) is 4.90 Å². The van der Waals surface area contributed by atoms with Gasteiger partial charge in [0.05, 0.1) is 21.5 Å². The standard InChI is InChI=1S/C11H11N3O6/c1-12(2)4-3-7-5-8(11(15)16)10(14(19)20)6-9(7)13(17)18/h3-6H,1-2H3,(H,15,16)/b4-3+. The van der Waals surface area contributed by atoms with Gasteiger partial charge in [-0.25, -0.2) is 4.79 Å². The number of carboxylic acids is 1. The molecule has 0 aromatic heterocycles. The van der Waals surface area contributed by atoms with Crippen molar-refractivity contribution in [1.29, 1.82) is 0 Å². The second-order valence-electron chi connectivity index (χ2n) is 4.03. The lowest BCUT2D eigenvalue weighted by molar-refractivity contribution is -0.394. The van der Waals surface area contributed by atoms with Crippen LogP contribution in [0.1, 0.15) is 15.9 Å². The Hall–Kier alpha value is -2.97. The minimum absolute atomic E-state index is 0.0216. The molecule has 1 rings (SSSR count). The van der Waals surface area contributed by atoms with Crippen LogP contribution in [0.15, 0.2) is 18.3 Å². The first-order valence-electron chi connectivity index (χ1n) is 5.28. The first-order valence-corrected chi connectivity index (χ1v) is 5.28. The van der Waals surface area contributed by atoms with E-state index in [1.165, 1.54) is 12.3 Å². The van der Waals surface area contributed by atoms with Crippen molar-refractivity contribution in [2.75, 3.05) is 14.1 Å². The van der Waals surface area contributed by atoms with Crippen molar-refractivity contribution in [2.24, 2.45) is 0 Å². The summed E-state index contributed by atoms with van der Waals surface area (Å²) in [7, 11) is 3.34. The van der Waals surface area contributed by atoms with E-state index in [1.54, 1.807) is 19.0 Å². The maximum absolute atomic E-state index is 11.0. The van der Waals surface area contributed by atoms with E-state index in [-0.39, 0.29) is 5.56 Å². The fraction of sp³-hybridized carbons (Fsp3) is 0.182. The number of carboxylic acid groups (broad SMARTS) is 1. The van der Waals surface area contributed by atoms with Gasteiger partial charge in [0, 0.05) is 14.1 Å². The molecule has 0 unspecified atom stereocenters. The lowest BCUT2D eigenvalue weighted by Gasteiger charge is -2.05. The predicted octanol–water partition coefficient (Wildman–Crippen LogP) is 1.73. The molecular weight excluding hydrogens is 270 g/mol. The SMILES string of the molecule is CN(C)/C=C/c1cc(C(=O)O)c([N+](=O)[O-])cc1[N+](=O)[O-]. The number of benzene rings is 1. The van der Waals surface area contributed by atoms with Crippen LogP contribution in [0.2, 0.25) is 0 Å². The summed E-state index contributed by atoms with van der Waals surface area (Å²) in [6, 6.07) is 1.57. The summed E-state index contributed by atoms with van der Waals surface area (Å²) < 4.78 is 0. The highest BCUT2D eigenvalue weighted by Crippen LogP contribution is 2.30. The molecule has 0 saturated carbocycles. The van der Waals surface area contributed by atoms with E-state index in [1.807, 2.05) is 0 Å². The van der Waals surface area contributed by atoms with E-state index in [0.29, 0.717) is 6.07 Å². The van der Waals surface area contributed by atoms with Gasteiger partial charge in [-0.1, -0.05) is 0 Å². The number of hydrogen-bond acceptors (Lipinski definition) is 6. The molecule has 0 aliphatic carbocycles. The van der Waals surface area contributed by atoms with E-state index in [9.17, 15) is 25.0 Å². The number of nitrogens with zero attached hydrogens (tertiary/aromatic N) is 3. The lowest BCUT2D eigenvalue weighted by Crippen LogP contribution is -2.06. The molecule has 0 heterocycles. The molecule has 20 heavy (non-hydrogen) atoms. The van der Waals surface area contributed by atoms with E-state index < -0.39 is 32.8 Å². The molecule has 0 aliphatic rings. The largest absolute Gasteiger partial charge is 0.477 e. The Kier molecular flexibility index (Phi) is 4.36. The fourth-order valence-electron chi connectivity index (χ4n) is 1.44. The summed E-state index contributed by atoms with van der Waals surface area (Å²) in [6.45, 7) is 0. The summed E-state index contributed by atoms with van der Waals surface area (Å²) in [5, 5.41) is 30.6. The number of nitro groups is 2. The third-order valence-corrected chi connectivity index (χ3v) is 2.32. The molecular formula is C11H11N3O6. The highest BCUT2D eigenvalue weighted by molar-refractivity contribution is 5.94. The maximum Gasteiger partial charge on any atom is 0.342 e. The van der Waals surface area contributed by atoms with E-state index >= 15 is 0 Å². The summed E-state index contributed by atoms with van der Waals surface area (Å²) in [5.74, 6) is -1.52. The molecule has 0 amide bonds. The molecule has 9 heteroatoms. The van der Waals surface area contributed by atoms with Crippen LogP contribution in [0.25, 0.3) is 6.08 Å². The zero-order chi connectivity index (χ0) is 15.4. The second kappa shape index (κ2) is 5.78. The Bertz CT molecular complexity index is 608. The monoisotopic (exact) mass is 281 g/mol. The third kappa shape index (κ3) is 3.28. The van der Waals surface area contributed by atoms with Crippen molar-refractivity contribution >= 4 is 23.4 Å².